The van der Waals surface area contributed by atoms with Gasteiger partial charge in [0.25, 0.3) is 0 Å². The zero-order valence-electron chi connectivity index (χ0n) is 18.1. The molecule has 4 aromatic carbocycles. The number of nitrogens with zero attached hydrogens (tertiary/aromatic N) is 2. The third-order valence-electron chi connectivity index (χ3n) is 5.77. The van der Waals surface area contributed by atoms with E-state index in [1.165, 1.54) is 32.8 Å². The second-order valence-electron chi connectivity index (χ2n) is 8.01. The second-order valence-corrected chi connectivity index (χ2v) is 10.1. The van der Waals surface area contributed by atoms with Gasteiger partial charge in [-0.05, 0) is 66.8 Å². The summed E-state index contributed by atoms with van der Waals surface area (Å²) in [6, 6.07) is 34.9. The number of aromatic nitrogens is 2. The molecule has 3 heteroatoms. The molecular weight excluding hydrogens is 395 g/mol. The largest absolute Gasteiger partial charge is 0.292 e. The van der Waals surface area contributed by atoms with E-state index in [0.717, 1.165) is 16.8 Å². The summed E-state index contributed by atoms with van der Waals surface area (Å²) in [6.07, 6.45) is 0. The maximum Gasteiger partial charge on any atom is 0.146 e. The molecule has 0 aliphatic rings. The van der Waals surface area contributed by atoms with Crippen LogP contribution in [0.25, 0.3) is 16.7 Å². The minimum atomic E-state index is -0.812. The van der Waals surface area contributed by atoms with Crippen LogP contribution in [0, 0.1) is 20.8 Å². The molecule has 0 bridgehead atoms. The molecule has 5 rings (SSSR count). The van der Waals surface area contributed by atoms with E-state index in [1.54, 1.807) is 0 Å². The van der Waals surface area contributed by atoms with E-state index < -0.39 is 7.92 Å². The maximum absolute atomic E-state index is 5.26. The number of hydrogen-bond acceptors (Lipinski definition) is 1. The highest BCUT2D eigenvalue weighted by Gasteiger charge is 2.24. The van der Waals surface area contributed by atoms with Gasteiger partial charge >= 0.3 is 0 Å². The van der Waals surface area contributed by atoms with E-state index in [-0.39, 0.29) is 0 Å². The van der Waals surface area contributed by atoms with Gasteiger partial charge in [-0.25, -0.2) is 4.98 Å². The summed E-state index contributed by atoms with van der Waals surface area (Å²) in [7, 11) is -0.812. The first kappa shape index (κ1) is 19.7. The fraction of sp³-hybridized carbons (Fsp3) is 0.107. The normalized spacial score (nSPS) is 11.4. The number of fused-ring (bicyclic) bond motifs is 1. The minimum absolute atomic E-state index is 0.812. The lowest BCUT2D eigenvalue weighted by molar-refractivity contribution is 1.14. The topological polar surface area (TPSA) is 17.8 Å². The summed E-state index contributed by atoms with van der Waals surface area (Å²) in [4.78, 5) is 5.26. The van der Waals surface area contributed by atoms with Crippen LogP contribution in [-0.2, 0) is 0 Å². The summed E-state index contributed by atoms with van der Waals surface area (Å²) >= 11 is 0. The van der Waals surface area contributed by atoms with Gasteiger partial charge in [-0.1, -0.05) is 78.4 Å². The molecule has 0 amide bonds. The molecule has 0 aliphatic carbocycles. The minimum Gasteiger partial charge on any atom is -0.292 e. The number of benzene rings is 4. The van der Waals surface area contributed by atoms with Gasteiger partial charge in [-0.15, -0.1) is 0 Å². The lowest BCUT2D eigenvalue weighted by atomic mass is 10.1. The highest BCUT2D eigenvalue weighted by Crippen LogP contribution is 2.35. The van der Waals surface area contributed by atoms with Crippen molar-refractivity contribution in [2.45, 2.75) is 20.8 Å². The van der Waals surface area contributed by atoms with Crippen molar-refractivity contribution in [1.29, 1.82) is 0 Å². The highest BCUT2D eigenvalue weighted by molar-refractivity contribution is 7.79. The fourth-order valence-electron chi connectivity index (χ4n) is 3.95. The van der Waals surface area contributed by atoms with Crippen LogP contribution in [0.3, 0.4) is 0 Å². The van der Waals surface area contributed by atoms with E-state index in [1.807, 2.05) is 0 Å². The summed E-state index contributed by atoms with van der Waals surface area (Å²) in [5, 5.41) is 2.61. The molecular formula is C28H25N2P. The van der Waals surface area contributed by atoms with Gasteiger partial charge in [0.15, 0.2) is 0 Å². The number of hydrogen-bond donors (Lipinski definition) is 0. The fourth-order valence-corrected chi connectivity index (χ4v) is 6.28. The Morgan fingerprint density at radius 3 is 1.77 bits per heavy atom. The Hall–Kier alpha value is -3.22. The Labute approximate surface area is 185 Å². The smallest absolute Gasteiger partial charge is 0.146 e. The van der Waals surface area contributed by atoms with E-state index in [9.17, 15) is 0 Å². The zero-order valence-corrected chi connectivity index (χ0v) is 19.0. The Morgan fingerprint density at radius 2 is 1.19 bits per heavy atom. The van der Waals surface area contributed by atoms with Gasteiger partial charge in [0, 0.05) is 13.6 Å². The quantitative estimate of drug-likeness (QED) is 0.341. The van der Waals surface area contributed by atoms with Gasteiger partial charge < -0.3 is 0 Å². The highest BCUT2D eigenvalue weighted by atomic mass is 31.1. The van der Waals surface area contributed by atoms with E-state index in [0.29, 0.717) is 0 Å². The Balaban J connectivity index is 1.85. The Bertz CT molecular complexity index is 1300. The number of aryl methyl sites for hydroxylation is 3. The van der Waals surface area contributed by atoms with Crippen molar-refractivity contribution < 1.29 is 0 Å². The molecule has 1 aromatic heterocycles. The summed E-state index contributed by atoms with van der Waals surface area (Å²) in [6.45, 7) is 6.47. The van der Waals surface area contributed by atoms with Crippen molar-refractivity contribution in [3.05, 3.63) is 114 Å². The Morgan fingerprint density at radius 1 is 0.645 bits per heavy atom. The Kier molecular flexibility index (Phi) is 5.18. The molecule has 2 nitrogen and oxygen atoms in total. The van der Waals surface area contributed by atoms with Crippen molar-refractivity contribution in [2.24, 2.45) is 0 Å². The first-order valence-electron chi connectivity index (χ1n) is 10.6. The third kappa shape index (κ3) is 3.69. The van der Waals surface area contributed by atoms with Crippen LogP contribution in [0.15, 0.2) is 97.1 Å². The molecule has 1 heterocycles. The van der Waals surface area contributed by atoms with Crippen molar-refractivity contribution in [3.63, 3.8) is 0 Å². The van der Waals surface area contributed by atoms with Crippen LogP contribution >= 0.6 is 7.92 Å². The summed E-state index contributed by atoms with van der Waals surface area (Å²) in [5.74, 6) is 0. The molecule has 0 aliphatic heterocycles. The lowest BCUT2D eigenvalue weighted by Crippen LogP contribution is -2.27. The molecule has 0 saturated heterocycles. The van der Waals surface area contributed by atoms with Crippen LogP contribution in [-0.4, -0.2) is 9.55 Å². The molecule has 0 saturated carbocycles. The van der Waals surface area contributed by atoms with Crippen molar-refractivity contribution in [1.82, 2.24) is 9.55 Å². The van der Waals surface area contributed by atoms with Crippen molar-refractivity contribution in [2.75, 3.05) is 0 Å². The molecule has 0 N–H and O–H groups in total. The SMILES string of the molecule is Cc1ccc(-n2c(P(c3ccccc3)c3ccccc3)nc3cc(C)c(C)cc32)cc1. The number of rotatable bonds is 4. The number of imidazole rings is 1. The van der Waals surface area contributed by atoms with E-state index >= 15 is 0 Å². The monoisotopic (exact) mass is 420 g/mol. The predicted molar refractivity (Wildman–Crippen MR) is 134 cm³/mol. The average Bonchev–Trinajstić information content (AvgIpc) is 3.14. The molecule has 0 spiro atoms. The molecule has 0 fully saturated rings. The molecule has 31 heavy (non-hydrogen) atoms. The second kappa shape index (κ2) is 8.13. The van der Waals surface area contributed by atoms with Crippen molar-refractivity contribution in [3.8, 4) is 5.69 Å². The van der Waals surface area contributed by atoms with E-state index in [4.69, 9.17) is 4.98 Å². The first-order chi connectivity index (χ1) is 15.1. The summed E-state index contributed by atoms with van der Waals surface area (Å²) in [5.41, 5.74) is 8.31. The van der Waals surface area contributed by atoms with E-state index in [2.05, 4.69) is 122 Å². The van der Waals surface area contributed by atoms with Gasteiger partial charge in [0.05, 0.1) is 11.0 Å². The molecule has 0 unspecified atom stereocenters. The molecule has 0 atom stereocenters. The van der Waals surface area contributed by atoms with Gasteiger partial charge in [0.2, 0.25) is 0 Å². The average molecular weight is 420 g/mol. The summed E-state index contributed by atoms with van der Waals surface area (Å²) < 4.78 is 2.37. The maximum atomic E-state index is 5.26. The van der Waals surface area contributed by atoms with Gasteiger partial charge in [0.1, 0.15) is 5.57 Å². The van der Waals surface area contributed by atoms with Gasteiger partial charge in [-0.2, -0.15) is 0 Å². The van der Waals surface area contributed by atoms with Crippen LogP contribution in [0.2, 0.25) is 0 Å². The lowest BCUT2D eigenvalue weighted by Gasteiger charge is -2.20. The third-order valence-corrected chi connectivity index (χ3v) is 8.10. The van der Waals surface area contributed by atoms with Crippen molar-refractivity contribution >= 4 is 35.1 Å². The standard InChI is InChI=1S/C28H25N2P/c1-20-14-16-23(17-15-20)30-27-19-22(3)21(2)18-26(27)29-28(30)31(24-10-6-4-7-11-24)25-12-8-5-9-13-25/h4-19H,1-3H3. The van der Waals surface area contributed by atoms with Crippen LogP contribution in [0.5, 0.6) is 0 Å². The van der Waals surface area contributed by atoms with Crippen LogP contribution in [0.1, 0.15) is 16.7 Å². The predicted octanol–water partition coefficient (Wildman–Crippen LogP) is 5.71. The molecule has 152 valence electrons. The van der Waals surface area contributed by atoms with Crippen LogP contribution < -0.4 is 16.2 Å². The molecule has 5 aromatic rings. The molecule has 0 radical (unpaired) electrons. The first-order valence-corrected chi connectivity index (χ1v) is 11.9. The van der Waals surface area contributed by atoms with Gasteiger partial charge in [-0.3, -0.25) is 4.57 Å². The van der Waals surface area contributed by atoms with Crippen LogP contribution in [0.4, 0.5) is 0 Å². The zero-order chi connectivity index (χ0) is 21.4.